The smallest absolute Gasteiger partial charge is 0.323 e. The molecule has 0 radical (unpaired) electrons. The molecule has 1 atom stereocenters. The molecule has 0 saturated heterocycles. The number of nitrogens with one attached hydrogen (secondary N) is 1. The lowest BCUT2D eigenvalue weighted by Gasteiger charge is -2.38. The van der Waals surface area contributed by atoms with Crippen molar-refractivity contribution in [1.29, 1.82) is 0 Å². The molecular formula is C27H27NO5. The first-order valence-corrected chi connectivity index (χ1v) is 11.2. The van der Waals surface area contributed by atoms with Crippen LogP contribution in [0.5, 0.6) is 0 Å². The molecule has 0 aromatic heterocycles. The lowest BCUT2D eigenvalue weighted by Crippen LogP contribution is -2.48. The summed E-state index contributed by atoms with van der Waals surface area (Å²) in [4.78, 5) is 40.0. The summed E-state index contributed by atoms with van der Waals surface area (Å²) in [6.07, 6.45) is 0.102. The van der Waals surface area contributed by atoms with Crippen molar-refractivity contribution in [3.05, 3.63) is 77.9 Å². The molecule has 0 saturated carbocycles. The van der Waals surface area contributed by atoms with E-state index in [1.807, 2.05) is 54.6 Å². The van der Waals surface area contributed by atoms with Gasteiger partial charge >= 0.3 is 11.9 Å². The third-order valence-corrected chi connectivity index (χ3v) is 6.17. The van der Waals surface area contributed by atoms with Gasteiger partial charge in [0.15, 0.2) is 5.41 Å². The average Bonchev–Trinajstić information content (AvgIpc) is 2.84. The molecule has 0 spiro atoms. The van der Waals surface area contributed by atoms with Crippen LogP contribution in [0.2, 0.25) is 0 Å². The average molecular weight is 446 g/mol. The summed E-state index contributed by atoms with van der Waals surface area (Å²) in [7, 11) is 0. The van der Waals surface area contributed by atoms with Crippen LogP contribution in [0.25, 0.3) is 10.8 Å². The van der Waals surface area contributed by atoms with Crippen LogP contribution in [0.1, 0.15) is 37.3 Å². The highest BCUT2D eigenvalue weighted by Crippen LogP contribution is 2.47. The molecule has 3 aromatic rings. The quantitative estimate of drug-likeness (QED) is 0.442. The van der Waals surface area contributed by atoms with Crippen molar-refractivity contribution in [2.45, 2.75) is 32.6 Å². The van der Waals surface area contributed by atoms with Crippen molar-refractivity contribution in [3.8, 4) is 0 Å². The summed E-state index contributed by atoms with van der Waals surface area (Å²) in [5.74, 6) is -2.32. The standard InChI is InChI=1S/C27H27NO5/c1-3-32-25(30)27(26(31)33-4-2)16-22-20-13-9-8-10-18(20)14-15-21(22)23(17-27)24(29)28-19-11-6-5-7-12-19/h5-15,23H,3-4,16-17H2,1-2H3,(H,28,29). The second kappa shape index (κ2) is 9.45. The molecule has 0 bridgehead atoms. The van der Waals surface area contributed by atoms with Crippen molar-refractivity contribution in [2.24, 2.45) is 5.41 Å². The number of ether oxygens (including phenoxy) is 2. The van der Waals surface area contributed by atoms with Gasteiger partial charge in [-0.15, -0.1) is 0 Å². The van der Waals surface area contributed by atoms with Crippen LogP contribution in [0.3, 0.4) is 0 Å². The fraction of sp³-hybridized carbons (Fsp3) is 0.296. The first-order valence-electron chi connectivity index (χ1n) is 11.2. The van der Waals surface area contributed by atoms with Crippen LogP contribution >= 0.6 is 0 Å². The van der Waals surface area contributed by atoms with Gasteiger partial charge in [-0.2, -0.15) is 0 Å². The van der Waals surface area contributed by atoms with Gasteiger partial charge in [0.25, 0.3) is 0 Å². The normalized spacial score (nSPS) is 16.5. The fourth-order valence-electron chi connectivity index (χ4n) is 4.63. The van der Waals surface area contributed by atoms with Gasteiger partial charge in [0.1, 0.15) is 0 Å². The zero-order valence-corrected chi connectivity index (χ0v) is 18.8. The van der Waals surface area contributed by atoms with Gasteiger partial charge in [-0.05, 0) is 54.3 Å². The van der Waals surface area contributed by atoms with Crippen LogP contribution < -0.4 is 5.32 Å². The third-order valence-electron chi connectivity index (χ3n) is 6.17. The van der Waals surface area contributed by atoms with E-state index in [0.717, 1.165) is 21.9 Å². The van der Waals surface area contributed by atoms with Gasteiger partial charge in [-0.1, -0.05) is 54.6 Å². The van der Waals surface area contributed by atoms with Crippen LogP contribution in [0.15, 0.2) is 66.7 Å². The number of para-hydroxylation sites is 1. The fourth-order valence-corrected chi connectivity index (χ4v) is 4.63. The minimum Gasteiger partial charge on any atom is -0.465 e. The molecule has 1 aliphatic carbocycles. The highest BCUT2D eigenvalue weighted by atomic mass is 16.6. The Morgan fingerprint density at radius 2 is 1.52 bits per heavy atom. The predicted octanol–water partition coefficient (Wildman–Crippen LogP) is 4.62. The molecule has 33 heavy (non-hydrogen) atoms. The molecule has 1 N–H and O–H groups in total. The maximum Gasteiger partial charge on any atom is 0.323 e. The predicted molar refractivity (Wildman–Crippen MR) is 126 cm³/mol. The topological polar surface area (TPSA) is 81.7 Å². The number of benzene rings is 3. The number of fused-ring (bicyclic) bond motifs is 3. The van der Waals surface area contributed by atoms with Crippen LogP contribution in [-0.4, -0.2) is 31.1 Å². The number of hydrogen-bond donors (Lipinski definition) is 1. The molecule has 170 valence electrons. The van der Waals surface area contributed by atoms with Gasteiger partial charge in [-0.3, -0.25) is 14.4 Å². The maximum absolute atomic E-state index is 13.5. The van der Waals surface area contributed by atoms with Crippen LogP contribution in [0, 0.1) is 5.41 Å². The number of carbonyl (C=O) groups excluding carboxylic acids is 3. The zero-order chi connectivity index (χ0) is 23.4. The van der Waals surface area contributed by atoms with E-state index in [1.54, 1.807) is 26.0 Å². The Hall–Kier alpha value is -3.67. The number of anilines is 1. The van der Waals surface area contributed by atoms with E-state index in [0.29, 0.717) is 5.69 Å². The highest BCUT2D eigenvalue weighted by molar-refractivity contribution is 6.05. The van der Waals surface area contributed by atoms with Gasteiger partial charge in [0, 0.05) is 12.1 Å². The minimum absolute atomic E-state index is 0.0192. The summed E-state index contributed by atoms with van der Waals surface area (Å²) in [6, 6.07) is 20.8. The second-order valence-electron chi connectivity index (χ2n) is 8.17. The first-order chi connectivity index (χ1) is 16.0. The molecule has 6 nitrogen and oxygen atoms in total. The summed E-state index contributed by atoms with van der Waals surface area (Å²) in [5, 5.41) is 4.82. The van der Waals surface area contributed by atoms with Gasteiger partial charge in [-0.25, -0.2) is 0 Å². The molecule has 4 rings (SSSR count). The summed E-state index contributed by atoms with van der Waals surface area (Å²) >= 11 is 0. The van der Waals surface area contributed by atoms with Crippen molar-refractivity contribution < 1.29 is 23.9 Å². The van der Waals surface area contributed by atoms with Gasteiger partial charge < -0.3 is 14.8 Å². The maximum atomic E-state index is 13.5. The third kappa shape index (κ3) is 4.21. The van der Waals surface area contributed by atoms with E-state index in [2.05, 4.69) is 5.32 Å². The number of carbonyl (C=O) groups is 3. The lowest BCUT2D eigenvalue weighted by atomic mass is 9.65. The largest absolute Gasteiger partial charge is 0.465 e. The van der Waals surface area contributed by atoms with E-state index in [9.17, 15) is 14.4 Å². The van der Waals surface area contributed by atoms with Gasteiger partial charge in [0.05, 0.1) is 19.1 Å². The van der Waals surface area contributed by atoms with Crippen molar-refractivity contribution in [3.63, 3.8) is 0 Å². The number of rotatable bonds is 6. The minimum atomic E-state index is -1.60. The summed E-state index contributed by atoms with van der Waals surface area (Å²) < 4.78 is 10.7. The van der Waals surface area contributed by atoms with Crippen molar-refractivity contribution >= 4 is 34.3 Å². The molecule has 1 aliphatic rings. The van der Waals surface area contributed by atoms with Gasteiger partial charge in [0.2, 0.25) is 5.91 Å². The van der Waals surface area contributed by atoms with Crippen LogP contribution in [0.4, 0.5) is 5.69 Å². The Labute approximate surface area is 192 Å². The molecule has 1 amide bonds. The zero-order valence-electron chi connectivity index (χ0n) is 18.8. The molecular weight excluding hydrogens is 418 g/mol. The SMILES string of the molecule is CCOC(=O)C1(C(=O)OCC)Cc2c(ccc3ccccc23)C(C(=O)Nc2ccccc2)C1. The number of amides is 1. The molecule has 1 unspecified atom stereocenters. The monoisotopic (exact) mass is 445 g/mol. The van der Waals surface area contributed by atoms with Crippen molar-refractivity contribution in [2.75, 3.05) is 18.5 Å². The van der Waals surface area contributed by atoms with E-state index >= 15 is 0 Å². The van der Waals surface area contributed by atoms with E-state index < -0.39 is 23.3 Å². The van der Waals surface area contributed by atoms with E-state index in [4.69, 9.17) is 9.47 Å². The Morgan fingerprint density at radius 1 is 0.879 bits per heavy atom. The first kappa shape index (κ1) is 22.5. The molecule has 6 heteroatoms. The highest BCUT2D eigenvalue weighted by Gasteiger charge is 2.55. The molecule has 0 fully saturated rings. The molecule has 3 aromatic carbocycles. The summed E-state index contributed by atoms with van der Waals surface area (Å²) in [5.41, 5.74) is 0.662. The Bertz CT molecular complexity index is 1170. The number of hydrogen-bond acceptors (Lipinski definition) is 5. The number of esters is 2. The van der Waals surface area contributed by atoms with E-state index in [1.165, 1.54) is 0 Å². The van der Waals surface area contributed by atoms with E-state index in [-0.39, 0.29) is 32.0 Å². The van der Waals surface area contributed by atoms with Crippen LogP contribution in [-0.2, 0) is 30.3 Å². The molecule has 0 aliphatic heterocycles. The Morgan fingerprint density at radius 3 is 2.18 bits per heavy atom. The Balaban J connectivity index is 1.87. The Kier molecular flexibility index (Phi) is 6.45. The van der Waals surface area contributed by atoms with Crippen molar-refractivity contribution in [1.82, 2.24) is 0 Å². The molecule has 0 heterocycles. The second-order valence-corrected chi connectivity index (χ2v) is 8.17. The lowest BCUT2D eigenvalue weighted by molar-refractivity contribution is -0.173. The summed E-state index contributed by atoms with van der Waals surface area (Å²) in [6.45, 7) is 3.65.